The first kappa shape index (κ1) is 9.82. The van der Waals surface area contributed by atoms with Gasteiger partial charge in [0.15, 0.2) is 0 Å². The number of aliphatic hydroxyl groups is 2. The molecule has 0 aliphatic carbocycles. The first-order valence-electron chi connectivity index (χ1n) is 3.69. The number of nitrogens with zero attached hydrogens (tertiary/aromatic N) is 2. The Labute approximate surface area is 76.5 Å². The van der Waals surface area contributed by atoms with Crippen molar-refractivity contribution in [2.24, 2.45) is 5.92 Å². The van der Waals surface area contributed by atoms with E-state index in [0.717, 1.165) is 0 Å². The Hall–Kier alpha value is -0.270. The number of hydrazine groups is 2. The van der Waals surface area contributed by atoms with Gasteiger partial charge in [0.25, 0.3) is 0 Å². The predicted molar refractivity (Wildman–Crippen MR) is 47.9 cm³/mol. The summed E-state index contributed by atoms with van der Waals surface area (Å²) in [5, 5.41) is 21.0. The van der Waals surface area contributed by atoms with E-state index in [1.807, 2.05) is 7.05 Å². The molecule has 1 rings (SSSR count). The maximum absolute atomic E-state index is 8.94. The Morgan fingerprint density at radius 1 is 1.67 bits per heavy atom. The summed E-state index contributed by atoms with van der Waals surface area (Å²) in [5.74, 6) is -0.0709. The molecule has 5 nitrogen and oxygen atoms in total. The van der Waals surface area contributed by atoms with Crippen LogP contribution in [0.1, 0.15) is 0 Å². The van der Waals surface area contributed by atoms with Crippen molar-refractivity contribution >= 4 is 17.2 Å². The van der Waals surface area contributed by atoms with Gasteiger partial charge in [-0.3, -0.25) is 5.01 Å². The summed E-state index contributed by atoms with van der Waals surface area (Å²) in [5.41, 5.74) is 2.84. The lowest BCUT2D eigenvalue weighted by Gasteiger charge is -2.38. The zero-order valence-electron chi connectivity index (χ0n) is 6.90. The van der Waals surface area contributed by atoms with Crippen molar-refractivity contribution in [2.45, 2.75) is 0 Å². The molecule has 1 aliphatic heterocycles. The smallest absolute Gasteiger partial charge is 0.132 e. The van der Waals surface area contributed by atoms with Crippen LogP contribution < -0.4 is 5.53 Å². The van der Waals surface area contributed by atoms with Gasteiger partial charge in [-0.2, -0.15) is 5.53 Å². The molecule has 1 fully saturated rings. The van der Waals surface area contributed by atoms with Crippen LogP contribution in [0.4, 0.5) is 0 Å². The van der Waals surface area contributed by atoms with Gasteiger partial charge in [0.1, 0.15) is 11.7 Å². The number of nitrogens with one attached hydrogen (secondary N) is 1. The van der Waals surface area contributed by atoms with Crippen molar-refractivity contribution in [1.82, 2.24) is 15.6 Å². The largest absolute Gasteiger partial charge is 0.396 e. The molecule has 70 valence electrons. The quantitative estimate of drug-likeness (QED) is 0.464. The molecule has 1 atom stereocenters. The average Bonchev–Trinajstić information content (AvgIpc) is 2.08. The summed E-state index contributed by atoms with van der Waals surface area (Å²) in [6, 6.07) is 0. The van der Waals surface area contributed by atoms with Crippen molar-refractivity contribution in [3.05, 3.63) is 0 Å². The summed E-state index contributed by atoms with van der Waals surface area (Å²) < 4.78 is 0. The molecule has 1 saturated heterocycles. The zero-order chi connectivity index (χ0) is 9.14. The van der Waals surface area contributed by atoms with Gasteiger partial charge in [0.05, 0.1) is 6.61 Å². The standard InChI is InChI=1S/C6H13N3O2S/c1-8-2-5(3-10)6(12)9(4-11)7-8/h5,7,10-11H,2-4H2,1H3. The highest BCUT2D eigenvalue weighted by Gasteiger charge is 2.26. The fourth-order valence-corrected chi connectivity index (χ4v) is 1.41. The van der Waals surface area contributed by atoms with Crippen molar-refractivity contribution in [1.29, 1.82) is 0 Å². The van der Waals surface area contributed by atoms with Gasteiger partial charge < -0.3 is 10.2 Å². The molecule has 0 aromatic carbocycles. The SMILES string of the molecule is CN1CC(CO)C(=S)N(CO)N1. The Morgan fingerprint density at radius 2 is 2.33 bits per heavy atom. The fourth-order valence-electron chi connectivity index (χ4n) is 1.16. The van der Waals surface area contributed by atoms with Crippen molar-refractivity contribution < 1.29 is 10.2 Å². The second kappa shape index (κ2) is 4.11. The molecule has 0 bridgehead atoms. The molecule has 3 N–H and O–H groups in total. The maximum Gasteiger partial charge on any atom is 0.132 e. The lowest BCUT2D eigenvalue weighted by Crippen LogP contribution is -2.60. The van der Waals surface area contributed by atoms with E-state index in [1.54, 1.807) is 5.01 Å². The molecular weight excluding hydrogens is 178 g/mol. The van der Waals surface area contributed by atoms with E-state index in [1.165, 1.54) is 5.01 Å². The van der Waals surface area contributed by atoms with Gasteiger partial charge in [-0.1, -0.05) is 12.2 Å². The monoisotopic (exact) mass is 191 g/mol. The van der Waals surface area contributed by atoms with Crippen LogP contribution in [0.15, 0.2) is 0 Å². The normalized spacial score (nSPS) is 26.4. The number of hydrogen-bond donors (Lipinski definition) is 3. The Balaban J connectivity index is 2.61. The van der Waals surface area contributed by atoms with E-state index < -0.39 is 0 Å². The zero-order valence-corrected chi connectivity index (χ0v) is 7.71. The highest BCUT2D eigenvalue weighted by Crippen LogP contribution is 2.09. The predicted octanol–water partition coefficient (Wildman–Crippen LogP) is -1.46. The Kier molecular flexibility index (Phi) is 3.36. The Bertz CT molecular complexity index is 162. The molecule has 0 saturated carbocycles. The van der Waals surface area contributed by atoms with Crippen LogP contribution in [0.25, 0.3) is 0 Å². The van der Waals surface area contributed by atoms with Gasteiger partial charge >= 0.3 is 0 Å². The third-order valence-electron chi connectivity index (χ3n) is 1.76. The summed E-state index contributed by atoms with van der Waals surface area (Å²) in [6.45, 7) is 0.493. The van der Waals surface area contributed by atoms with E-state index in [9.17, 15) is 0 Å². The van der Waals surface area contributed by atoms with E-state index in [0.29, 0.717) is 11.5 Å². The maximum atomic E-state index is 8.94. The van der Waals surface area contributed by atoms with Gasteiger partial charge in [-0.25, -0.2) is 5.01 Å². The van der Waals surface area contributed by atoms with Crippen molar-refractivity contribution in [3.63, 3.8) is 0 Å². The van der Waals surface area contributed by atoms with Gasteiger partial charge in [-0.05, 0) is 0 Å². The average molecular weight is 191 g/mol. The van der Waals surface area contributed by atoms with Crippen LogP contribution in [0.3, 0.4) is 0 Å². The first-order valence-corrected chi connectivity index (χ1v) is 4.10. The highest BCUT2D eigenvalue weighted by molar-refractivity contribution is 7.80. The van der Waals surface area contributed by atoms with Crippen molar-refractivity contribution in [3.8, 4) is 0 Å². The molecule has 0 spiro atoms. The summed E-state index contributed by atoms with van der Waals surface area (Å²) in [7, 11) is 1.83. The highest BCUT2D eigenvalue weighted by atomic mass is 32.1. The van der Waals surface area contributed by atoms with Gasteiger partial charge in [0, 0.05) is 19.5 Å². The van der Waals surface area contributed by atoms with Crippen molar-refractivity contribution in [2.75, 3.05) is 26.9 Å². The molecule has 1 unspecified atom stereocenters. The van der Waals surface area contributed by atoms with E-state index in [4.69, 9.17) is 22.4 Å². The summed E-state index contributed by atoms with van der Waals surface area (Å²) in [6.07, 6.45) is 0. The van der Waals surface area contributed by atoms with Gasteiger partial charge in [0.2, 0.25) is 0 Å². The second-order valence-electron chi connectivity index (χ2n) is 2.77. The van der Waals surface area contributed by atoms with Crippen LogP contribution in [0, 0.1) is 5.92 Å². The lowest BCUT2D eigenvalue weighted by atomic mass is 10.1. The third-order valence-corrected chi connectivity index (χ3v) is 2.32. The fraction of sp³-hybridized carbons (Fsp3) is 0.833. The number of rotatable bonds is 2. The van der Waals surface area contributed by atoms with Crippen LogP contribution in [0.5, 0.6) is 0 Å². The molecule has 1 aliphatic rings. The molecule has 0 radical (unpaired) electrons. The molecule has 12 heavy (non-hydrogen) atoms. The molecule has 0 aromatic rings. The number of hydrogen-bond acceptors (Lipinski definition) is 5. The molecule has 6 heteroatoms. The molecule has 1 heterocycles. The van der Waals surface area contributed by atoms with Gasteiger partial charge in [-0.15, -0.1) is 0 Å². The minimum atomic E-state index is -0.181. The first-order chi connectivity index (χ1) is 5.69. The third kappa shape index (κ3) is 1.90. The van der Waals surface area contributed by atoms with Crippen LogP contribution >= 0.6 is 12.2 Å². The molecule has 0 aromatic heterocycles. The topological polar surface area (TPSA) is 59.0 Å². The van der Waals surface area contributed by atoms with Crippen LogP contribution in [0.2, 0.25) is 0 Å². The van der Waals surface area contributed by atoms with E-state index in [-0.39, 0.29) is 19.3 Å². The van der Waals surface area contributed by atoms with E-state index >= 15 is 0 Å². The second-order valence-corrected chi connectivity index (χ2v) is 3.19. The van der Waals surface area contributed by atoms with Crippen LogP contribution in [-0.4, -0.2) is 52.1 Å². The minimum absolute atomic E-state index is 0.0152. The molecule has 0 amide bonds. The van der Waals surface area contributed by atoms with Crippen LogP contribution in [-0.2, 0) is 0 Å². The summed E-state index contributed by atoms with van der Waals surface area (Å²) >= 11 is 5.02. The molecular formula is C6H13N3O2S. The lowest BCUT2D eigenvalue weighted by molar-refractivity contribution is -0.0000306. The number of thiocarbonyl (C=S) groups is 1. The minimum Gasteiger partial charge on any atom is -0.396 e. The Morgan fingerprint density at radius 3 is 2.83 bits per heavy atom. The van der Waals surface area contributed by atoms with E-state index in [2.05, 4.69) is 5.53 Å². The number of aliphatic hydroxyl groups excluding tert-OH is 2. The summed E-state index contributed by atoms with van der Waals surface area (Å²) in [4.78, 5) is 0.554.